The van der Waals surface area contributed by atoms with Gasteiger partial charge in [-0.3, -0.25) is 4.79 Å². The van der Waals surface area contributed by atoms with E-state index in [1.165, 1.54) is 0 Å². The Morgan fingerprint density at radius 1 is 1.04 bits per heavy atom. The molecule has 25 heavy (non-hydrogen) atoms. The zero-order chi connectivity index (χ0) is 17.5. The van der Waals surface area contributed by atoms with Gasteiger partial charge in [-0.1, -0.05) is 65.8 Å². The van der Waals surface area contributed by atoms with Crippen molar-refractivity contribution in [2.75, 3.05) is 7.05 Å². The van der Waals surface area contributed by atoms with Crippen molar-refractivity contribution < 1.29 is 9.32 Å². The van der Waals surface area contributed by atoms with Crippen LogP contribution in [0, 0.1) is 0 Å². The first kappa shape index (κ1) is 16.9. The fourth-order valence-corrected chi connectivity index (χ4v) is 2.49. The van der Waals surface area contributed by atoms with E-state index in [0.717, 1.165) is 11.1 Å². The normalized spacial score (nSPS) is 11.9. The molecule has 0 aliphatic heterocycles. The molecule has 1 heterocycles. The monoisotopic (exact) mass is 336 g/mol. The van der Waals surface area contributed by atoms with Crippen molar-refractivity contribution in [3.05, 3.63) is 83.5 Å². The van der Waals surface area contributed by atoms with Crippen LogP contribution in [0.3, 0.4) is 0 Å². The van der Waals surface area contributed by atoms with Crippen LogP contribution in [0.4, 0.5) is 0 Å². The molecule has 128 valence electrons. The Balaban J connectivity index is 1.63. The molecule has 2 N–H and O–H groups in total. The molecule has 2 aromatic carbocycles. The van der Waals surface area contributed by atoms with Crippen LogP contribution in [0.1, 0.15) is 33.7 Å². The van der Waals surface area contributed by atoms with Crippen molar-refractivity contribution in [1.29, 1.82) is 0 Å². The standard InChI is InChI=1S/C19H20N4O2/c1-20-16(12-14-8-4-2-5-9-14)19-22-17(23-25-19)18(24)21-13-15-10-6-3-7-11-15/h2-11,16,20H,12-13H2,1H3,(H,21,24). The third-order valence-corrected chi connectivity index (χ3v) is 3.87. The third kappa shape index (κ3) is 4.51. The number of nitrogens with one attached hydrogen (secondary N) is 2. The topological polar surface area (TPSA) is 80.0 Å². The van der Waals surface area contributed by atoms with E-state index in [9.17, 15) is 4.79 Å². The van der Waals surface area contributed by atoms with Crippen LogP contribution in [-0.4, -0.2) is 23.1 Å². The molecule has 1 amide bonds. The van der Waals surface area contributed by atoms with Gasteiger partial charge in [-0.25, -0.2) is 0 Å². The first-order chi connectivity index (χ1) is 12.3. The number of carbonyl (C=O) groups excluding carboxylic acids is 1. The summed E-state index contributed by atoms with van der Waals surface area (Å²) in [5.74, 6) is 0.0869. The fourth-order valence-electron chi connectivity index (χ4n) is 2.49. The quantitative estimate of drug-likeness (QED) is 0.693. The lowest BCUT2D eigenvalue weighted by Crippen LogP contribution is -2.24. The second kappa shape index (κ2) is 8.21. The maximum atomic E-state index is 12.2. The number of aromatic nitrogens is 2. The highest BCUT2D eigenvalue weighted by molar-refractivity contribution is 5.90. The van der Waals surface area contributed by atoms with Gasteiger partial charge in [0.15, 0.2) is 0 Å². The molecule has 0 fully saturated rings. The summed E-state index contributed by atoms with van der Waals surface area (Å²) >= 11 is 0. The second-order valence-electron chi connectivity index (χ2n) is 5.66. The molecule has 0 saturated carbocycles. The number of hydrogen-bond acceptors (Lipinski definition) is 5. The van der Waals surface area contributed by atoms with E-state index in [0.29, 0.717) is 18.9 Å². The van der Waals surface area contributed by atoms with Gasteiger partial charge in [0, 0.05) is 6.54 Å². The van der Waals surface area contributed by atoms with Gasteiger partial charge in [0.1, 0.15) is 0 Å². The minimum Gasteiger partial charge on any atom is -0.345 e. The Labute approximate surface area is 146 Å². The Kier molecular flexibility index (Phi) is 5.53. The molecule has 1 aromatic heterocycles. The van der Waals surface area contributed by atoms with Gasteiger partial charge >= 0.3 is 0 Å². The van der Waals surface area contributed by atoms with Gasteiger partial charge in [0.25, 0.3) is 11.7 Å². The predicted octanol–water partition coefficient (Wildman–Crippen LogP) is 2.50. The summed E-state index contributed by atoms with van der Waals surface area (Å²) < 4.78 is 5.28. The van der Waals surface area contributed by atoms with Gasteiger partial charge in [0.05, 0.1) is 6.04 Å². The Bertz CT molecular complexity index is 803. The summed E-state index contributed by atoms with van der Waals surface area (Å²) in [6, 6.07) is 19.5. The van der Waals surface area contributed by atoms with Crippen LogP contribution in [-0.2, 0) is 13.0 Å². The molecule has 0 bridgehead atoms. The van der Waals surface area contributed by atoms with Crippen molar-refractivity contribution >= 4 is 5.91 Å². The molecule has 6 heteroatoms. The molecule has 0 saturated heterocycles. The van der Waals surface area contributed by atoms with E-state index in [2.05, 4.69) is 20.8 Å². The lowest BCUT2D eigenvalue weighted by Gasteiger charge is -2.11. The average Bonchev–Trinajstić information content (AvgIpc) is 3.16. The van der Waals surface area contributed by atoms with Crippen LogP contribution in [0.5, 0.6) is 0 Å². The van der Waals surface area contributed by atoms with E-state index in [1.54, 1.807) is 0 Å². The highest BCUT2D eigenvalue weighted by Crippen LogP contribution is 2.16. The molecule has 0 aliphatic rings. The molecule has 1 unspecified atom stereocenters. The predicted molar refractivity (Wildman–Crippen MR) is 93.9 cm³/mol. The first-order valence-corrected chi connectivity index (χ1v) is 8.13. The smallest absolute Gasteiger partial charge is 0.292 e. The molecule has 6 nitrogen and oxygen atoms in total. The maximum absolute atomic E-state index is 12.2. The van der Waals surface area contributed by atoms with Crippen LogP contribution in [0.15, 0.2) is 65.2 Å². The number of benzene rings is 2. The molecular weight excluding hydrogens is 316 g/mol. The van der Waals surface area contributed by atoms with Gasteiger partial charge in [-0.05, 0) is 24.6 Å². The third-order valence-electron chi connectivity index (χ3n) is 3.87. The van der Waals surface area contributed by atoms with Crippen molar-refractivity contribution in [3.8, 4) is 0 Å². The Morgan fingerprint density at radius 2 is 1.68 bits per heavy atom. The average molecular weight is 336 g/mol. The lowest BCUT2D eigenvalue weighted by molar-refractivity contribution is 0.0937. The van der Waals surface area contributed by atoms with E-state index < -0.39 is 0 Å². The van der Waals surface area contributed by atoms with E-state index in [1.807, 2.05) is 67.7 Å². The zero-order valence-electron chi connectivity index (χ0n) is 14.0. The molecule has 3 aromatic rings. The summed E-state index contributed by atoms with van der Waals surface area (Å²) in [6.07, 6.45) is 0.699. The summed E-state index contributed by atoms with van der Waals surface area (Å²) in [5.41, 5.74) is 2.16. The number of likely N-dealkylation sites (N-methyl/N-ethyl adjacent to an activating group) is 1. The Hall–Kier alpha value is -2.99. The number of rotatable bonds is 7. The van der Waals surface area contributed by atoms with Crippen LogP contribution in [0.2, 0.25) is 0 Å². The summed E-state index contributed by atoms with van der Waals surface area (Å²) in [5, 5.41) is 9.74. The largest absolute Gasteiger partial charge is 0.345 e. The van der Waals surface area contributed by atoms with Crippen molar-refractivity contribution in [3.63, 3.8) is 0 Å². The highest BCUT2D eigenvalue weighted by atomic mass is 16.5. The summed E-state index contributed by atoms with van der Waals surface area (Å²) in [4.78, 5) is 16.4. The molecule has 0 spiro atoms. The molecule has 1 atom stereocenters. The molecular formula is C19H20N4O2. The van der Waals surface area contributed by atoms with Crippen molar-refractivity contribution in [2.45, 2.75) is 19.0 Å². The summed E-state index contributed by atoms with van der Waals surface area (Å²) in [6.45, 7) is 0.420. The number of hydrogen-bond donors (Lipinski definition) is 2. The maximum Gasteiger partial charge on any atom is 0.292 e. The zero-order valence-corrected chi connectivity index (χ0v) is 14.0. The Morgan fingerprint density at radius 3 is 2.32 bits per heavy atom. The van der Waals surface area contributed by atoms with E-state index in [4.69, 9.17) is 4.52 Å². The second-order valence-corrected chi connectivity index (χ2v) is 5.66. The van der Waals surface area contributed by atoms with Gasteiger partial charge in [-0.15, -0.1) is 0 Å². The SMILES string of the molecule is CNC(Cc1ccccc1)c1nc(C(=O)NCc2ccccc2)no1. The van der Waals surface area contributed by atoms with Gasteiger partial charge in [-0.2, -0.15) is 4.98 Å². The molecule has 3 rings (SSSR count). The van der Waals surface area contributed by atoms with Crippen molar-refractivity contribution in [1.82, 2.24) is 20.8 Å². The van der Waals surface area contributed by atoms with Crippen LogP contribution >= 0.6 is 0 Å². The number of nitrogens with zero attached hydrogens (tertiary/aromatic N) is 2. The molecule has 0 radical (unpaired) electrons. The van der Waals surface area contributed by atoms with E-state index >= 15 is 0 Å². The van der Waals surface area contributed by atoms with Gasteiger partial charge in [0.2, 0.25) is 5.89 Å². The lowest BCUT2D eigenvalue weighted by atomic mass is 10.1. The molecule has 0 aliphatic carbocycles. The number of carbonyl (C=O) groups is 1. The van der Waals surface area contributed by atoms with Crippen molar-refractivity contribution in [2.24, 2.45) is 0 Å². The van der Waals surface area contributed by atoms with Crippen LogP contribution in [0.25, 0.3) is 0 Å². The first-order valence-electron chi connectivity index (χ1n) is 8.13. The van der Waals surface area contributed by atoms with Crippen LogP contribution < -0.4 is 10.6 Å². The highest BCUT2D eigenvalue weighted by Gasteiger charge is 2.20. The summed E-state index contributed by atoms with van der Waals surface area (Å²) in [7, 11) is 1.83. The van der Waals surface area contributed by atoms with E-state index in [-0.39, 0.29) is 17.8 Å². The number of amides is 1. The minimum absolute atomic E-state index is 0.0410. The van der Waals surface area contributed by atoms with Gasteiger partial charge < -0.3 is 15.2 Å². The fraction of sp³-hybridized carbons (Fsp3) is 0.211. The minimum atomic E-state index is -0.353.